The Labute approximate surface area is 334 Å². The van der Waals surface area contributed by atoms with Gasteiger partial charge in [-0.1, -0.05) is 116 Å². The predicted octanol–water partition coefficient (Wildman–Crippen LogP) is 11.5. The van der Waals surface area contributed by atoms with Crippen LogP contribution in [0.25, 0.3) is 66.8 Å². The van der Waals surface area contributed by atoms with Gasteiger partial charge in [0.15, 0.2) is 0 Å². The number of nitrogens with two attached hydrogens (primary N) is 1. The average molecular weight is 766 g/mol. The fourth-order valence-corrected chi connectivity index (χ4v) is 9.12. The molecule has 0 radical (unpaired) electrons. The first-order valence-corrected chi connectivity index (χ1v) is 19.8. The van der Waals surface area contributed by atoms with E-state index in [2.05, 4.69) is 0 Å². The van der Waals surface area contributed by atoms with E-state index in [4.69, 9.17) is 19.3 Å². The minimum atomic E-state index is -0.796. The molecule has 2 saturated carbocycles. The van der Waals surface area contributed by atoms with E-state index in [1.165, 1.54) is 6.07 Å². The Kier molecular flexibility index (Phi) is 8.53. The maximum atomic E-state index is 16.7. The lowest BCUT2D eigenvalue weighted by molar-refractivity contribution is 0.253. The van der Waals surface area contributed by atoms with Gasteiger partial charge in [0.2, 0.25) is 10.9 Å². The highest BCUT2D eigenvalue weighted by Gasteiger charge is 2.44. The van der Waals surface area contributed by atoms with E-state index in [0.717, 1.165) is 47.9 Å². The van der Waals surface area contributed by atoms with Crippen LogP contribution in [0.4, 0.5) is 4.39 Å². The highest BCUT2D eigenvalue weighted by Crippen LogP contribution is 2.52. The molecule has 2 fully saturated rings. The van der Waals surface area contributed by atoms with Gasteiger partial charge in [-0.3, -0.25) is 9.59 Å². The Morgan fingerprint density at radius 2 is 1.14 bits per heavy atom. The number of rotatable bonds is 8. The van der Waals surface area contributed by atoms with Gasteiger partial charge in [0, 0.05) is 33.7 Å². The number of hydrogen-bond donors (Lipinski definition) is 1. The van der Waals surface area contributed by atoms with Gasteiger partial charge in [0.1, 0.15) is 34.3 Å². The second-order valence-corrected chi connectivity index (χ2v) is 15.8. The van der Waals surface area contributed by atoms with Crippen LogP contribution >= 0.6 is 0 Å². The average Bonchev–Trinajstić information content (AvgIpc) is 3.24. The maximum Gasteiger partial charge on any atom is 0.201 e. The summed E-state index contributed by atoms with van der Waals surface area (Å²) in [5.41, 5.74) is 11.7. The standard InChI is InChI=1S/C51H40FNO5/c1-56-37-22-23-38-41(30-37)58-48(33-10-4-2-5-11-33)42(46(38)54)31-14-18-35(19-15-31)50(26-8-27-50)45-39(52)24-25-40-44(45)47(55)43(49(57-40)34-12-6-3-7-13-34)32-16-20-36(21-17-32)51(53)28-9-29-51/h2-7,10-25,30H,8-9,26-29,53H2,1H3. The summed E-state index contributed by atoms with van der Waals surface area (Å²) in [5.74, 6) is 1.01. The summed E-state index contributed by atoms with van der Waals surface area (Å²) >= 11 is 0. The third kappa shape index (κ3) is 5.64. The summed E-state index contributed by atoms with van der Waals surface area (Å²) < 4.78 is 35.3. The molecule has 0 saturated heterocycles. The molecule has 6 aromatic carbocycles. The Hall–Kier alpha value is -6.57. The first-order valence-electron chi connectivity index (χ1n) is 19.8. The van der Waals surface area contributed by atoms with E-state index < -0.39 is 11.2 Å². The molecule has 0 bridgehead atoms. The van der Waals surface area contributed by atoms with Crippen molar-refractivity contribution < 1.29 is 18.0 Å². The number of ether oxygens (including phenoxy) is 1. The van der Waals surface area contributed by atoms with Crippen molar-refractivity contribution in [1.29, 1.82) is 0 Å². The Morgan fingerprint density at radius 1 is 0.586 bits per heavy atom. The molecule has 2 aliphatic rings. The second kappa shape index (κ2) is 13.8. The largest absolute Gasteiger partial charge is 0.497 e. The van der Waals surface area contributed by atoms with E-state index in [1.807, 2.05) is 109 Å². The summed E-state index contributed by atoms with van der Waals surface area (Å²) in [4.78, 5) is 29.4. The van der Waals surface area contributed by atoms with Gasteiger partial charge >= 0.3 is 0 Å². The van der Waals surface area contributed by atoms with Crippen LogP contribution in [0.2, 0.25) is 0 Å². The molecule has 2 heterocycles. The van der Waals surface area contributed by atoms with E-state index >= 15 is 9.18 Å². The molecule has 2 aliphatic carbocycles. The zero-order chi connectivity index (χ0) is 39.6. The van der Waals surface area contributed by atoms with Crippen molar-refractivity contribution in [2.24, 2.45) is 5.73 Å². The molecule has 0 amide bonds. The minimum Gasteiger partial charge on any atom is -0.497 e. The van der Waals surface area contributed by atoms with Crippen LogP contribution in [0.15, 0.2) is 158 Å². The Balaban J connectivity index is 1.14. The lowest BCUT2D eigenvalue weighted by Crippen LogP contribution is -2.43. The van der Waals surface area contributed by atoms with Crippen molar-refractivity contribution in [3.63, 3.8) is 0 Å². The van der Waals surface area contributed by atoms with Crippen LogP contribution in [0.5, 0.6) is 5.75 Å². The Morgan fingerprint density at radius 3 is 1.67 bits per heavy atom. The summed E-state index contributed by atoms with van der Waals surface area (Å²) in [6.07, 6.45) is 5.07. The summed E-state index contributed by atoms with van der Waals surface area (Å²) in [5, 5.41) is 0.680. The summed E-state index contributed by atoms with van der Waals surface area (Å²) in [6, 6.07) is 42.9. The quantitative estimate of drug-likeness (QED) is 0.165. The van der Waals surface area contributed by atoms with Gasteiger partial charge in [-0.15, -0.1) is 0 Å². The van der Waals surface area contributed by atoms with Crippen molar-refractivity contribution in [2.45, 2.75) is 49.5 Å². The zero-order valence-corrected chi connectivity index (χ0v) is 32.0. The summed E-state index contributed by atoms with van der Waals surface area (Å²) in [7, 11) is 1.57. The molecular formula is C51H40FNO5. The highest BCUT2D eigenvalue weighted by molar-refractivity contribution is 5.93. The number of benzene rings is 6. The first-order chi connectivity index (χ1) is 28.3. The third-order valence-electron chi connectivity index (χ3n) is 12.6. The number of hydrogen-bond acceptors (Lipinski definition) is 6. The van der Waals surface area contributed by atoms with Gasteiger partial charge in [-0.2, -0.15) is 0 Å². The molecule has 58 heavy (non-hydrogen) atoms. The van der Waals surface area contributed by atoms with Crippen molar-refractivity contribution >= 4 is 21.9 Å². The number of fused-ring (bicyclic) bond motifs is 2. The van der Waals surface area contributed by atoms with Crippen LogP contribution in [0, 0.1) is 5.82 Å². The van der Waals surface area contributed by atoms with Crippen LogP contribution in [-0.2, 0) is 11.0 Å². The smallest absolute Gasteiger partial charge is 0.201 e. The maximum absolute atomic E-state index is 16.7. The zero-order valence-electron chi connectivity index (χ0n) is 32.0. The molecule has 7 heteroatoms. The van der Waals surface area contributed by atoms with Crippen molar-refractivity contribution in [3.8, 4) is 50.7 Å². The Bertz CT molecular complexity index is 2980. The SMILES string of the molecule is COc1ccc2c(=O)c(-c3ccc(C4(c5c(F)ccc6oc(-c7ccccc7)c(-c7ccc(C8(N)CCC8)cc7)c(=O)c56)CCC4)cc3)c(-c3ccccc3)oc2c1. The molecule has 6 nitrogen and oxygen atoms in total. The fraction of sp³-hybridized carbons (Fsp3) is 0.176. The van der Waals surface area contributed by atoms with Gasteiger partial charge in [-0.05, 0) is 78.6 Å². The summed E-state index contributed by atoms with van der Waals surface area (Å²) in [6.45, 7) is 0. The van der Waals surface area contributed by atoms with Gasteiger partial charge in [-0.25, -0.2) is 4.39 Å². The van der Waals surface area contributed by atoms with Crippen LogP contribution in [-0.4, -0.2) is 7.11 Å². The molecule has 0 aliphatic heterocycles. The second-order valence-electron chi connectivity index (χ2n) is 15.8. The van der Waals surface area contributed by atoms with Gasteiger partial charge in [0.05, 0.1) is 29.0 Å². The van der Waals surface area contributed by atoms with Crippen molar-refractivity contribution in [3.05, 3.63) is 182 Å². The van der Waals surface area contributed by atoms with Crippen LogP contribution < -0.4 is 21.3 Å². The normalized spacial score (nSPS) is 15.5. The molecule has 2 N–H and O–H groups in total. The molecule has 0 unspecified atom stereocenters. The lowest BCUT2D eigenvalue weighted by Gasteiger charge is -2.43. The topological polar surface area (TPSA) is 95.7 Å². The fourth-order valence-electron chi connectivity index (χ4n) is 9.12. The van der Waals surface area contributed by atoms with Gasteiger partial charge in [0.25, 0.3) is 0 Å². The number of halogens is 1. The predicted molar refractivity (Wildman–Crippen MR) is 228 cm³/mol. The molecule has 286 valence electrons. The number of methoxy groups -OCH3 is 1. The van der Waals surface area contributed by atoms with E-state index in [1.54, 1.807) is 31.4 Å². The van der Waals surface area contributed by atoms with E-state index in [9.17, 15) is 4.79 Å². The molecular weight excluding hydrogens is 726 g/mol. The highest BCUT2D eigenvalue weighted by atomic mass is 19.1. The molecule has 2 aromatic heterocycles. The van der Waals surface area contributed by atoms with Gasteiger partial charge < -0.3 is 19.3 Å². The van der Waals surface area contributed by atoms with Crippen LogP contribution in [0.3, 0.4) is 0 Å². The monoisotopic (exact) mass is 765 g/mol. The minimum absolute atomic E-state index is 0.171. The molecule has 0 spiro atoms. The van der Waals surface area contributed by atoms with Crippen molar-refractivity contribution in [2.75, 3.05) is 7.11 Å². The van der Waals surface area contributed by atoms with E-state index in [-0.39, 0.29) is 21.8 Å². The van der Waals surface area contributed by atoms with Crippen LogP contribution in [0.1, 0.15) is 55.2 Å². The van der Waals surface area contributed by atoms with Crippen molar-refractivity contribution in [1.82, 2.24) is 0 Å². The molecule has 8 aromatic rings. The third-order valence-corrected chi connectivity index (χ3v) is 12.6. The van der Waals surface area contributed by atoms with E-state index in [0.29, 0.717) is 74.5 Å². The first kappa shape index (κ1) is 35.8. The molecule has 0 atom stereocenters. The lowest BCUT2D eigenvalue weighted by atomic mass is 9.59. The molecule has 10 rings (SSSR count).